The molecule has 1 aliphatic heterocycles. The molecule has 0 fully saturated rings. The molecule has 0 amide bonds. The molecule has 0 saturated heterocycles. The number of nitrogens with one attached hydrogen (secondary N) is 2. The van der Waals surface area contributed by atoms with Crippen molar-refractivity contribution in [1.29, 1.82) is 0 Å². The fourth-order valence-electron chi connectivity index (χ4n) is 2.44. The molecule has 0 aliphatic carbocycles. The molecule has 0 spiro atoms. The number of hydrogen-bond donors (Lipinski definition) is 2. The molecule has 136 valence electrons. The van der Waals surface area contributed by atoms with Crippen LogP contribution in [0.25, 0.3) is 0 Å². The van der Waals surface area contributed by atoms with Crippen LogP contribution in [0.3, 0.4) is 0 Å². The summed E-state index contributed by atoms with van der Waals surface area (Å²) in [5, 5.41) is 6.60. The van der Waals surface area contributed by atoms with E-state index >= 15 is 0 Å². The van der Waals surface area contributed by atoms with Gasteiger partial charge in [-0.05, 0) is 38.1 Å². The van der Waals surface area contributed by atoms with Crippen molar-refractivity contribution in [3.63, 3.8) is 0 Å². The van der Waals surface area contributed by atoms with E-state index in [2.05, 4.69) is 41.6 Å². The second-order valence-electron chi connectivity index (χ2n) is 5.59. The highest BCUT2D eigenvalue weighted by Crippen LogP contribution is 2.30. The van der Waals surface area contributed by atoms with E-state index in [1.807, 2.05) is 24.3 Å². The molecular formula is C18H24IN3O2S. The number of rotatable bonds is 5. The number of hydrogen-bond acceptors (Lipinski definition) is 4. The highest BCUT2D eigenvalue weighted by molar-refractivity contribution is 14.0. The van der Waals surface area contributed by atoms with Crippen LogP contribution in [0.2, 0.25) is 0 Å². The van der Waals surface area contributed by atoms with Crippen molar-refractivity contribution in [3.05, 3.63) is 46.2 Å². The van der Waals surface area contributed by atoms with Gasteiger partial charge in [0.05, 0.1) is 13.1 Å². The summed E-state index contributed by atoms with van der Waals surface area (Å²) >= 11 is 1.78. The molecule has 2 aromatic rings. The van der Waals surface area contributed by atoms with E-state index in [1.165, 1.54) is 9.75 Å². The Balaban J connectivity index is 0.00000225. The van der Waals surface area contributed by atoms with Gasteiger partial charge in [0.25, 0.3) is 0 Å². The third-order valence-corrected chi connectivity index (χ3v) is 4.58. The molecule has 0 saturated carbocycles. The average Bonchev–Trinajstić information content (AvgIpc) is 3.02. The lowest BCUT2D eigenvalue weighted by Gasteiger charge is -2.27. The number of fused-ring (bicyclic) bond motifs is 1. The molecule has 1 aromatic carbocycles. The van der Waals surface area contributed by atoms with E-state index in [9.17, 15) is 0 Å². The Morgan fingerprint density at radius 2 is 2.00 bits per heavy atom. The summed E-state index contributed by atoms with van der Waals surface area (Å²) in [5.41, 5.74) is 0. The molecule has 0 bridgehead atoms. The maximum absolute atomic E-state index is 5.96. The molecule has 5 nitrogen and oxygen atoms in total. The van der Waals surface area contributed by atoms with Gasteiger partial charge < -0.3 is 20.1 Å². The Kier molecular flexibility index (Phi) is 7.83. The summed E-state index contributed by atoms with van der Waals surface area (Å²) in [6, 6.07) is 12.0. The molecule has 2 heterocycles. The van der Waals surface area contributed by atoms with Gasteiger partial charge in [-0.15, -0.1) is 35.3 Å². The fraction of sp³-hybridized carbons (Fsp3) is 0.389. The summed E-state index contributed by atoms with van der Waals surface area (Å²) in [6.07, 6.45) is -0.0345. The highest BCUT2D eigenvalue weighted by atomic mass is 127. The molecule has 1 aromatic heterocycles. The molecule has 25 heavy (non-hydrogen) atoms. The number of aryl methyl sites for hydroxylation is 1. The summed E-state index contributed by atoms with van der Waals surface area (Å²) in [4.78, 5) is 7.20. The fourth-order valence-corrected chi connectivity index (χ4v) is 3.26. The standard InChI is InChI=1S/C18H23N3O2S.HI/c1-3-19-18(21-11-15-9-8-13(2)24-15)20-10-14-12-22-16-6-4-5-7-17(16)23-14;/h4-9,14H,3,10-12H2,1-2H3,(H2,19,20,21);1H. The van der Waals surface area contributed by atoms with E-state index in [1.54, 1.807) is 11.3 Å². The Hall–Kier alpha value is -1.48. The Bertz CT molecular complexity index is 705. The lowest BCUT2D eigenvalue weighted by Crippen LogP contribution is -2.45. The van der Waals surface area contributed by atoms with Crippen LogP contribution in [0.15, 0.2) is 41.4 Å². The number of para-hydroxylation sites is 2. The first-order valence-electron chi connectivity index (χ1n) is 8.20. The first-order valence-corrected chi connectivity index (χ1v) is 9.02. The van der Waals surface area contributed by atoms with Gasteiger partial charge in [0, 0.05) is 16.3 Å². The van der Waals surface area contributed by atoms with Crippen LogP contribution in [-0.2, 0) is 6.54 Å². The van der Waals surface area contributed by atoms with Crippen LogP contribution < -0.4 is 20.1 Å². The second kappa shape index (κ2) is 9.86. The molecule has 7 heteroatoms. The number of ether oxygens (including phenoxy) is 2. The predicted octanol–water partition coefficient (Wildman–Crippen LogP) is 3.57. The minimum absolute atomic E-state index is 0. The molecule has 1 atom stereocenters. The van der Waals surface area contributed by atoms with Gasteiger partial charge in [-0.25, -0.2) is 4.99 Å². The maximum atomic E-state index is 5.96. The van der Waals surface area contributed by atoms with Crippen molar-refractivity contribution >= 4 is 41.3 Å². The molecule has 2 N–H and O–H groups in total. The number of aliphatic imine (C=N–C) groups is 1. The third-order valence-electron chi connectivity index (χ3n) is 3.60. The SMILES string of the molecule is CCNC(=NCc1ccc(C)s1)NCC1COc2ccccc2O1.I. The zero-order valence-electron chi connectivity index (χ0n) is 14.5. The largest absolute Gasteiger partial charge is 0.486 e. The Labute approximate surface area is 169 Å². The van der Waals surface area contributed by atoms with Crippen molar-refractivity contribution in [2.24, 2.45) is 4.99 Å². The minimum atomic E-state index is -0.0345. The van der Waals surface area contributed by atoms with Crippen molar-refractivity contribution in [2.45, 2.75) is 26.5 Å². The van der Waals surface area contributed by atoms with Gasteiger partial charge >= 0.3 is 0 Å². The summed E-state index contributed by atoms with van der Waals surface area (Å²) in [6.45, 7) is 6.85. The quantitative estimate of drug-likeness (QED) is 0.396. The number of guanidine groups is 1. The van der Waals surface area contributed by atoms with Gasteiger partial charge in [-0.3, -0.25) is 0 Å². The maximum Gasteiger partial charge on any atom is 0.191 e. The van der Waals surface area contributed by atoms with Crippen LogP contribution in [0.1, 0.15) is 16.7 Å². The van der Waals surface area contributed by atoms with Crippen LogP contribution in [0.4, 0.5) is 0 Å². The third kappa shape index (κ3) is 5.78. The molecule has 1 unspecified atom stereocenters. The van der Waals surface area contributed by atoms with E-state index in [0.717, 1.165) is 24.0 Å². The van der Waals surface area contributed by atoms with Crippen LogP contribution in [-0.4, -0.2) is 31.8 Å². The van der Waals surface area contributed by atoms with E-state index < -0.39 is 0 Å². The minimum Gasteiger partial charge on any atom is -0.486 e. The van der Waals surface area contributed by atoms with Gasteiger partial charge in [0.2, 0.25) is 0 Å². The zero-order chi connectivity index (χ0) is 16.8. The van der Waals surface area contributed by atoms with Crippen molar-refractivity contribution in [1.82, 2.24) is 10.6 Å². The smallest absolute Gasteiger partial charge is 0.191 e. The molecular weight excluding hydrogens is 449 g/mol. The van der Waals surface area contributed by atoms with Crippen LogP contribution in [0, 0.1) is 6.92 Å². The normalized spacial score (nSPS) is 16.1. The van der Waals surface area contributed by atoms with E-state index in [4.69, 9.17) is 9.47 Å². The Morgan fingerprint density at radius 1 is 1.20 bits per heavy atom. The van der Waals surface area contributed by atoms with E-state index in [0.29, 0.717) is 19.7 Å². The van der Waals surface area contributed by atoms with Gasteiger partial charge in [-0.2, -0.15) is 0 Å². The second-order valence-corrected chi connectivity index (χ2v) is 6.96. The number of halogens is 1. The first kappa shape index (κ1) is 19.8. The summed E-state index contributed by atoms with van der Waals surface area (Å²) < 4.78 is 11.7. The number of thiophene rings is 1. The molecule has 3 rings (SSSR count). The predicted molar refractivity (Wildman–Crippen MR) is 114 cm³/mol. The summed E-state index contributed by atoms with van der Waals surface area (Å²) in [5.74, 6) is 2.40. The molecule has 1 aliphatic rings. The van der Waals surface area contributed by atoms with Crippen molar-refractivity contribution in [3.8, 4) is 11.5 Å². The zero-order valence-corrected chi connectivity index (χ0v) is 17.6. The topological polar surface area (TPSA) is 54.9 Å². The number of benzene rings is 1. The van der Waals surface area contributed by atoms with E-state index in [-0.39, 0.29) is 30.1 Å². The number of nitrogens with zero attached hydrogens (tertiary/aromatic N) is 1. The average molecular weight is 473 g/mol. The molecule has 0 radical (unpaired) electrons. The lowest BCUT2D eigenvalue weighted by molar-refractivity contribution is 0.0936. The van der Waals surface area contributed by atoms with Gasteiger partial charge in [0.1, 0.15) is 12.7 Å². The van der Waals surface area contributed by atoms with Crippen molar-refractivity contribution in [2.75, 3.05) is 19.7 Å². The summed E-state index contributed by atoms with van der Waals surface area (Å²) in [7, 11) is 0. The monoisotopic (exact) mass is 473 g/mol. The lowest BCUT2D eigenvalue weighted by atomic mass is 10.2. The van der Waals surface area contributed by atoms with Crippen molar-refractivity contribution < 1.29 is 9.47 Å². The van der Waals surface area contributed by atoms with Crippen LogP contribution in [0.5, 0.6) is 11.5 Å². The Morgan fingerprint density at radius 3 is 2.72 bits per heavy atom. The van der Waals surface area contributed by atoms with Gasteiger partial charge in [-0.1, -0.05) is 12.1 Å². The van der Waals surface area contributed by atoms with Gasteiger partial charge in [0.15, 0.2) is 17.5 Å². The first-order chi connectivity index (χ1) is 11.7. The van der Waals surface area contributed by atoms with Crippen LogP contribution >= 0.6 is 35.3 Å². The highest BCUT2D eigenvalue weighted by Gasteiger charge is 2.20.